The van der Waals surface area contributed by atoms with E-state index in [9.17, 15) is 117 Å². The van der Waals surface area contributed by atoms with Gasteiger partial charge in [-0.3, -0.25) is 41.0 Å². The summed E-state index contributed by atoms with van der Waals surface area (Å²) in [4.78, 5) is -2.79. The van der Waals surface area contributed by atoms with Gasteiger partial charge in [0.1, 0.15) is 0 Å². The van der Waals surface area contributed by atoms with E-state index in [0.29, 0.717) is 47.7 Å². The molecule has 0 saturated heterocycles. The van der Waals surface area contributed by atoms with Crippen molar-refractivity contribution in [2.75, 3.05) is 0 Å². The van der Waals surface area contributed by atoms with Gasteiger partial charge in [-0.1, -0.05) is 109 Å². The average molecular weight is 2770 g/mol. The first-order chi connectivity index (χ1) is 42.8. The zero-order chi connectivity index (χ0) is 69.1. The number of benzene rings is 9. The molecule has 0 bridgehead atoms. The van der Waals surface area contributed by atoms with Crippen molar-refractivity contribution >= 4 is 163 Å². The van der Waals surface area contributed by atoms with Crippen LogP contribution in [-0.2, 0) is 113 Å². The van der Waals surface area contributed by atoms with Crippen molar-refractivity contribution < 1.29 is 690 Å². The Morgan fingerprint density at radius 2 is 0.206 bits per heavy atom. The quantitative estimate of drug-likeness (QED) is 0.0219. The summed E-state index contributed by atoms with van der Waals surface area (Å²) >= 11 is 0. The van der Waals surface area contributed by atoms with Crippen molar-refractivity contribution in [2.24, 2.45) is 0 Å². The van der Waals surface area contributed by atoms with E-state index in [4.69, 9.17) is 0 Å². The predicted molar refractivity (Wildman–Crippen MR) is 344 cm³/mol. The molecule has 48 heteroatoms. The van der Waals surface area contributed by atoms with Crippen molar-refractivity contribution in [3.8, 4) is 0 Å². The molecule has 0 radical (unpaired) electrons. The fraction of sp³-hybridized carbons (Fsp3) is 0. The minimum Gasteiger partial charge on any atom is -0.282 e. The first-order valence-electron chi connectivity index (χ1n) is 24.9. The fourth-order valence-corrected chi connectivity index (χ4v) is 19.3. The molecule has 0 aliphatic rings. The molecule has 0 atom stereocenters. The fourth-order valence-electron chi connectivity index (χ4n) is 8.25. The van der Waals surface area contributed by atoms with Crippen LogP contribution < -0.4 is 599 Å². The SMILES string of the molecule is O=S(=O)(O)c1ccc(P(c2ccc(S(=O)(=O)O)cc2)c2ccc(S(=O)(=O)O)cc2)cc1.O=S(=O)(O)c1ccc(P(c2ccc(S(=O)(=O)O)cc2)c2ccc(S(=O)(=O)O)cc2)cc1.O=S(=O)(O)c1ccc(P(c2ccc(S(=O)(=O)O)cc2)c2ccc(S(=O)(=O)O)cc2)cc1.[Au+3].[Cs+].[Cs+].[Cs+].[Cs+].[Cs+].[Cs+].[Cs+].[Cs+]. The van der Waals surface area contributed by atoms with Crippen LogP contribution in [0.4, 0.5) is 0 Å². The number of hydrogen-bond donors (Lipinski definition) is 9. The van der Waals surface area contributed by atoms with Gasteiger partial charge in [-0.25, -0.2) is 0 Å². The van der Waals surface area contributed by atoms with E-state index in [1.54, 1.807) is 0 Å². The molecular weight excluding hydrogens is 2720 g/mol. The topological polar surface area (TPSA) is 489 Å². The second-order valence-corrected chi connectivity index (χ2v) is 38.2. The summed E-state index contributed by atoms with van der Waals surface area (Å²) in [6, 6.07) is 48.3. The zero-order valence-corrected chi connectivity index (χ0v) is 117. The monoisotopic (exact) mass is 2770 g/mol. The van der Waals surface area contributed by atoms with Gasteiger partial charge in [0.05, 0.1) is 44.1 Å². The van der Waals surface area contributed by atoms with Gasteiger partial charge in [-0.2, -0.15) is 75.8 Å². The number of hydrogen-bond acceptors (Lipinski definition) is 18. The van der Waals surface area contributed by atoms with E-state index in [1.807, 2.05) is 0 Å². The van der Waals surface area contributed by atoms with Crippen molar-refractivity contribution in [1.82, 2.24) is 0 Å². The Balaban J connectivity index is -0.00000138. The number of rotatable bonds is 18. The van der Waals surface area contributed by atoms with E-state index < -0.39 is 115 Å². The Morgan fingerprint density at radius 1 is 0.147 bits per heavy atom. The average Bonchev–Trinajstić information content (AvgIpc) is 0.800. The largest absolute Gasteiger partial charge is 3.00 e. The molecule has 0 aliphatic carbocycles. The summed E-state index contributed by atoms with van der Waals surface area (Å²) < 4.78 is 286. The molecule has 27 nitrogen and oxygen atoms in total. The van der Waals surface area contributed by atoms with Crippen LogP contribution >= 0.6 is 23.8 Å². The molecule has 9 rings (SSSR count). The van der Waals surface area contributed by atoms with Gasteiger partial charge < -0.3 is 0 Å². The molecule has 0 amide bonds. The maximum absolute atomic E-state index is 11.3. The molecule has 0 unspecified atom stereocenters. The second kappa shape index (κ2) is 51.0. The molecule has 500 valence electrons. The molecule has 0 aliphatic heterocycles. The third kappa shape index (κ3) is 36.6. The molecule has 9 aromatic carbocycles. The Morgan fingerprint density at radius 3 is 0.255 bits per heavy atom. The van der Waals surface area contributed by atoms with Gasteiger partial charge in [-0.15, -0.1) is 0 Å². The van der Waals surface area contributed by atoms with Gasteiger partial charge >= 0.3 is 574 Å². The van der Waals surface area contributed by atoms with Crippen molar-refractivity contribution in [1.29, 1.82) is 0 Å². The normalized spacial score (nSPS) is 11.6. The molecule has 102 heavy (non-hydrogen) atoms. The molecule has 0 heterocycles. The minimum absolute atomic E-state index is 0. The smallest absolute Gasteiger partial charge is 0.282 e. The maximum atomic E-state index is 11.3. The summed E-state index contributed by atoms with van der Waals surface area (Å²) in [7, 11) is -43.9. The van der Waals surface area contributed by atoms with Gasteiger partial charge in [0.25, 0.3) is 91.1 Å². The Bertz CT molecular complexity index is 4290. The third-order valence-corrected chi connectivity index (χ3v) is 27.7. The Labute approximate surface area is 1080 Å². The van der Waals surface area contributed by atoms with Crippen LogP contribution in [0.5, 0.6) is 0 Å². The summed E-state index contributed by atoms with van der Waals surface area (Å²) in [5, 5.41) is 5.51. The maximum Gasteiger partial charge on any atom is 3.00 e. The van der Waals surface area contributed by atoms with E-state index in [2.05, 4.69) is 0 Å². The minimum atomic E-state index is -4.40. The first kappa shape index (κ1) is 117. The van der Waals surface area contributed by atoms with Crippen LogP contribution in [0.2, 0.25) is 0 Å². The van der Waals surface area contributed by atoms with Crippen LogP contribution in [0.25, 0.3) is 0 Å². The van der Waals surface area contributed by atoms with Gasteiger partial charge in [0.15, 0.2) is 0 Å². The van der Waals surface area contributed by atoms with Gasteiger partial charge in [-0.05, 0) is 181 Å². The molecular formula is C54H45AuCs8O27P3S9+11. The second-order valence-electron chi connectivity index (χ2n) is 18.7. The molecule has 9 N–H and O–H groups in total. The Kier molecular flexibility index (Phi) is 58.4. The standard InChI is InChI=1S/3C18H15O9PS3.Au.8Cs/c3*19-29(20,21)16-7-1-13(2-8-16)28(14-3-9-17(10-4-14)30(22,23)24)15-5-11-18(12-6-15)31(25,26)27;;;;;;;;;/h3*1-12H,(H,19,20,21)(H,22,23,24)(H,25,26,27);;;;;;;;;/q;;;+3;8*+1. The van der Waals surface area contributed by atoms with Gasteiger partial charge in [0, 0.05) is 0 Å². The first-order valence-corrected chi connectivity index (χ1v) is 41.9. The van der Waals surface area contributed by atoms with Crippen molar-refractivity contribution in [3.05, 3.63) is 218 Å². The summed E-state index contributed by atoms with van der Waals surface area (Å²) in [6.07, 6.45) is 0. The van der Waals surface area contributed by atoms with Crippen LogP contribution in [-0.4, -0.2) is 117 Å². The molecule has 0 fully saturated rings. The molecule has 0 aromatic heterocycles. The van der Waals surface area contributed by atoms with Crippen LogP contribution in [0.3, 0.4) is 0 Å². The van der Waals surface area contributed by atoms with Crippen LogP contribution in [0.15, 0.2) is 262 Å². The summed E-state index contributed by atoms with van der Waals surface area (Å²) in [6.45, 7) is 0. The van der Waals surface area contributed by atoms with E-state index >= 15 is 0 Å². The predicted octanol–water partition coefficient (Wildman–Crippen LogP) is -20.4. The summed E-state index contributed by atoms with van der Waals surface area (Å²) in [5.41, 5.74) is 0. The van der Waals surface area contributed by atoms with Crippen molar-refractivity contribution in [2.45, 2.75) is 44.1 Å². The molecule has 0 saturated carbocycles. The zero-order valence-electron chi connectivity index (χ0n) is 54.5. The third-order valence-electron chi connectivity index (χ3n) is 12.5. The van der Waals surface area contributed by atoms with E-state index in [0.717, 1.165) is 0 Å². The van der Waals surface area contributed by atoms with Crippen LogP contribution in [0, 0.1) is 0 Å². The summed E-state index contributed by atoms with van der Waals surface area (Å²) in [5.74, 6) is 0. The van der Waals surface area contributed by atoms with Crippen LogP contribution in [0.1, 0.15) is 0 Å². The molecule has 0 spiro atoms. The van der Waals surface area contributed by atoms with Crippen molar-refractivity contribution in [3.63, 3.8) is 0 Å². The molecule has 9 aromatic rings. The van der Waals surface area contributed by atoms with E-state index in [-0.39, 0.29) is 618 Å². The van der Waals surface area contributed by atoms with E-state index in [1.165, 1.54) is 218 Å². The Hall–Kier alpha value is 10.6. The van der Waals surface area contributed by atoms with Gasteiger partial charge in [0.2, 0.25) is 0 Å².